The van der Waals surface area contributed by atoms with E-state index < -0.39 is 0 Å². The molecule has 1 aromatic rings. The van der Waals surface area contributed by atoms with Crippen molar-refractivity contribution in [2.45, 2.75) is 56.5 Å². The smallest absolute Gasteiger partial charge is 0.0431 e. The topological polar surface area (TPSA) is 44.3 Å². The number of rotatable bonds is 7. The van der Waals surface area contributed by atoms with Gasteiger partial charge in [-0.2, -0.15) is 0 Å². The molecule has 0 saturated heterocycles. The molecule has 0 aromatic heterocycles. The van der Waals surface area contributed by atoms with Crippen molar-refractivity contribution >= 4 is 0 Å². The fourth-order valence-corrected chi connectivity index (χ4v) is 3.49. The Balaban J connectivity index is 1.95. The van der Waals surface area contributed by atoms with Gasteiger partial charge in [-0.25, -0.2) is 0 Å². The van der Waals surface area contributed by atoms with E-state index in [0.717, 1.165) is 18.8 Å². The van der Waals surface area contributed by atoms with Gasteiger partial charge in [0, 0.05) is 18.7 Å². The summed E-state index contributed by atoms with van der Waals surface area (Å²) in [5, 5.41) is 15.7. The standard InChI is InChI=1S/C18H30N2O/c1-19-17-11-9-15(10-12-17)14-5-7-16(8-6-14)18(20-2)4-3-13-21/h5-8,15,17-21H,3-4,9-13H2,1-2H3/t15-,17-,18?. The highest BCUT2D eigenvalue weighted by Crippen LogP contribution is 2.33. The Bertz CT molecular complexity index is 396. The van der Waals surface area contributed by atoms with Gasteiger partial charge in [-0.15, -0.1) is 0 Å². The van der Waals surface area contributed by atoms with Gasteiger partial charge in [-0.05, 0) is 69.7 Å². The lowest BCUT2D eigenvalue weighted by molar-refractivity contribution is 0.276. The van der Waals surface area contributed by atoms with Gasteiger partial charge < -0.3 is 15.7 Å². The Kier molecular flexibility index (Phi) is 6.68. The van der Waals surface area contributed by atoms with Crippen LogP contribution in [0.4, 0.5) is 0 Å². The zero-order valence-corrected chi connectivity index (χ0v) is 13.4. The predicted octanol–water partition coefficient (Wildman–Crippen LogP) is 2.97. The van der Waals surface area contributed by atoms with Crippen molar-refractivity contribution in [1.29, 1.82) is 0 Å². The van der Waals surface area contributed by atoms with E-state index in [2.05, 4.69) is 41.9 Å². The summed E-state index contributed by atoms with van der Waals surface area (Å²) in [6.07, 6.45) is 7.01. The highest BCUT2D eigenvalue weighted by atomic mass is 16.2. The Morgan fingerprint density at radius 2 is 1.76 bits per heavy atom. The van der Waals surface area contributed by atoms with Gasteiger partial charge >= 0.3 is 0 Å². The molecule has 2 rings (SSSR count). The van der Waals surface area contributed by atoms with E-state index in [1.54, 1.807) is 0 Å². The molecule has 0 radical (unpaired) electrons. The lowest BCUT2D eigenvalue weighted by atomic mass is 9.81. The van der Waals surface area contributed by atoms with Gasteiger partial charge in [0.1, 0.15) is 0 Å². The highest BCUT2D eigenvalue weighted by molar-refractivity contribution is 5.28. The van der Waals surface area contributed by atoms with Gasteiger partial charge in [0.15, 0.2) is 0 Å². The summed E-state index contributed by atoms with van der Waals surface area (Å²) in [5.41, 5.74) is 2.82. The Labute approximate surface area is 129 Å². The van der Waals surface area contributed by atoms with Gasteiger partial charge in [0.25, 0.3) is 0 Å². The summed E-state index contributed by atoms with van der Waals surface area (Å²) in [7, 11) is 4.07. The minimum atomic E-state index is 0.269. The second-order valence-electron chi connectivity index (χ2n) is 6.21. The van der Waals surface area contributed by atoms with Crippen LogP contribution in [0.5, 0.6) is 0 Å². The molecule has 1 aliphatic rings. The predicted molar refractivity (Wildman–Crippen MR) is 88.6 cm³/mol. The first kappa shape index (κ1) is 16.5. The van der Waals surface area contributed by atoms with Crippen molar-refractivity contribution in [1.82, 2.24) is 10.6 Å². The first-order chi connectivity index (χ1) is 10.3. The van der Waals surface area contributed by atoms with Crippen LogP contribution >= 0.6 is 0 Å². The van der Waals surface area contributed by atoms with E-state index in [9.17, 15) is 0 Å². The fourth-order valence-electron chi connectivity index (χ4n) is 3.49. The van der Waals surface area contributed by atoms with Gasteiger partial charge in [-0.1, -0.05) is 24.3 Å². The quantitative estimate of drug-likeness (QED) is 0.723. The third-order valence-corrected chi connectivity index (χ3v) is 4.95. The summed E-state index contributed by atoms with van der Waals surface area (Å²) in [6.45, 7) is 0.269. The largest absolute Gasteiger partial charge is 0.396 e. The maximum Gasteiger partial charge on any atom is 0.0431 e. The van der Waals surface area contributed by atoms with Gasteiger partial charge in [-0.3, -0.25) is 0 Å². The minimum absolute atomic E-state index is 0.269. The Morgan fingerprint density at radius 1 is 1.10 bits per heavy atom. The van der Waals surface area contributed by atoms with Crippen LogP contribution in [0, 0.1) is 0 Å². The molecular formula is C18H30N2O. The first-order valence-corrected chi connectivity index (χ1v) is 8.33. The van der Waals surface area contributed by atoms with Crippen molar-refractivity contribution in [2.75, 3.05) is 20.7 Å². The molecule has 3 nitrogen and oxygen atoms in total. The van der Waals surface area contributed by atoms with Crippen LogP contribution in [0.2, 0.25) is 0 Å². The SMILES string of the molecule is CNC(CCCO)c1ccc([C@H]2CC[C@H](NC)CC2)cc1. The number of nitrogens with one attached hydrogen (secondary N) is 2. The molecule has 0 bridgehead atoms. The number of hydrogen-bond acceptors (Lipinski definition) is 3. The first-order valence-electron chi connectivity index (χ1n) is 8.33. The van der Waals surface area contributed by atoms with Crippen molar-refractivity contribution in [2.24, 2.45) is 0 Å². The van der Waals surface area contributed by atoms with E-state index in [1.807, 2.05) is 7.05 Å². The molecule has 1 fully saturated rings. The van der Waals surface area contributed by atoms with E-state index in [4.69, 9.17) is 5.11 Å². The maximum atomic E-state index is 8.98. The summed E-state index contributed by atoms with van der Waals surface area (Å²) in [4.78, 5) is 0. The normalized spacial score (nSPS) is 24.0. The molecule has 3 heteroatoms. The molecule has 118 valence electrons. The van der Waals surface area contributed by atoms with E-state index in [-0.39, 0.29) is 6.61 Å². The average molecular weight is 290 g/mol. The number of hydrogen-bond donors (Lipinski definition) is 3. The van der Waals surface area contributed by atoms with Gasteiger partial charge in [0.05, 0.1) is 0 Å². The molecule has 1 unspecified atom stereocenters. The van der Waals surface area contributed by atoms with Crippen LogP contribution < -0.4 is 10.6 Å². The van der Waals surface area contributed by atoms with Crippen LogP contribution in [0.3, 0.4) is 0 Å². The molecular weight excluding hydrogens is 260 g/mol. The number of aliphatic hydroxyl groups excluding tert-OH is 1. The molecule has 0 heterocycles. The second-order valence-corrected chi connectivity index (χ2v) is 6.21. The third-order valence-electron chi connectivity index (χ3n) is 4.95. The molecule has 1 atom stereocenters. The van der Waals surface area contributed by atoms with Crippen LogP contribution in [-0.4, -0.2) is 31.9 Å². The van der Waals surface area contributed by atoms with Crippen LogP contribution in [0.15, 0.2) is 24.3 Å². The summed E-state index contributed by atoms with van der Waals surface area (Å²) < 4.78 is 0. The van der Waals surface area contributed by atoms with Crippen LogP contribution in [0.25, 0.3) is 0 Å². The highest BCUT2D eigenvalue weighted by Gasteiger charge is 2.21. The van der Waals surface area contributed by atoms with Crippen LogP contribution in [0.1, 0.15) is 61.6 Å². The monoisotopic (exact) mass is 290 g/mol. The van der Waals surface area contributed by atoms with Crippen LogP contribution in [-0.2, 0) is 0 Å². The summed E-state index contributed by atoms with van der Waals surface area (Å²) >= 11 is 0. The van der Waals surface area contributed by atoms with Crippen molar-refractivity contribution < 1.29 is 5.11 Å². The zero-order valence-electron chi connectivity index (χ0n) is 13.4. The van der Waals surface area contributed by atoms with E-state index >= 15 is 0 Å². The summed E-state index contributed by atoms with van der Waals surface area (Å²) in [5.74, 6) is 0.731. The van der Waals surface area contributed by atoms with E-state index in [1.165, 1.54) is 36.8 Å². The molecule has 0 aliphatic heterocycles. The lowest BCUT2D eigenvalue weighted by Gasteiger charge is -2.28. The minimum Gasteiger partial charge on any atom is -0.396 e. The lowest BCUT2D eigenvalue weighted by Crippen LogP contribution is -2.29. The molecule has 0 spiro atoms. The molecule has 3 N–H and O–H groups in total. The molecule has 21 heavy (non-hydrogen) atoms. The molecule has 1 aromatic carbocycles. The molecule has 1 saturated carbocycles. The number of benzene rings is 1. The van der Waals surface area contributed by atoms with Crippen molar-refractivity contribution in [3.05, 3.63) is 35.4 Å². The summed E-state index contributed by atoms with van der Waals surface area (Å²) in [6, 6.07) is 10.2. The van der Waals surface area contributed by atoms with Crippen molar-refractivity contribution in [3.8, 4) is 0 Å². The number of aliphatic hydroxyl groups is 1. The Morgan fingerprint density at radius 3 is 2.29 bits per heavy atom. The Hall–Kier alpha value is -0.900. The molecule has 0 amide bonds. The average Bonchev–Trinajstić information content (AvgIpc) is 2.56. The third kappa shape index (κ3) is 4.53. The van der Waals surface area contributed by atoms with Gasteiger partial charge in [0.2, 0.25) is 0 Å². The maximum absolute atomic E-state index is 8.98. The van der Waals surface area contributed by atoms with E-state index in [0.29, 0.717) is 12.1 Å². The molecule has 1 aliphatic carbocycles. The second kappa shape index (κ2) is 8.52. The fraction of sp³-hybridized carbons (Fsp3) is 0.667. The van der Waals surface area contributed by atoms with Crippen molar-refractivity contribution in [3.63, 3.8) is 0 Å². The zero-order chi connectivity index (χ0) is 15.1.